The van der Waals surface area contributed by atoms with Gasteiger partial charge < -0.3 is 4.74 Å². The summed E-state index contributed by atoms with van der Waals surface area (Å²) in [6, 6.07) is 8.45. The van der Waals surface area contributed by atoms with Crippen molar-refractivity contribution in [1.82, 2.24) is 0 Å². The van der Waals surface area contributed by atoms with Crippen LogP contribution in [0.15, 0.2) is 24.3 Å². The quantitative estimate of drug-likeness (QED) is 0.800. The van der Waals surface area contributed by atoms with Crippen LogP contribution in [0.3, 0.4) is 0 Å². The molecule has 122 valence electrons. The predicted octanol–water partition coefficient (Wildman–Crippen LogP) is 3.79. The van der Waals surface area contributed by atoms with E-state index in [1.165, 1.54) is 31.1 Å². The minimum Gasteiger partial charge on any atom is -0.493 e. The Balaban J connectivity index is 1.55. The Morgan fingerprint density at radius 1 is 1.00 bits per heavy atom. The Bertz CT molecular complexity index is 587. The number of hydrogen-bond acceptors (Lipinski definition) is 3. The fraction of sp³-hybridized carbons (Fsp3) is 0.667. The van der Waals surface area contributed by atoms with E-state index in [4.69, 9.17) is 4.74 Å². The summed E-state index contributed by atoms with van der Waals surface area (Å²) in [5.41, 5.74) is 1.42. The molecule has 0 heterocycles. The average Bonchev–Trinajstić information content (AvgIpc) is 3.30. The molecule has 0 radical (unpaired) electrons. The molecule has 22 heavy (non-hydrogen) atoms. The Morgan fingerprint density at radius 2 is 1.64 bits per heavy atom. The topological polar surface area (TPSA) is 43.4 Å². The zero-order chi connectivity index (χ0) is 15.6. The molecule has 2 atom stereocenters. The molecule has 3 nitrogen and oxygen atoms in total. The first-order valence-electron chi connectivity index (χ1n) is 8.42. The monoisotopic (exact) mass is 322 g/mol. The molecule has 0 N–H and O–H groups in total. The third-order valence-corrected chi connectivity index (χ3v) is 6.01. The number of rotatable bonds is 6. The molecule has 0 bridgehead atoms. The van der Waals surface area contributed by atoms with Crippen molar-refractivity contribution >= 4 is 9.84 Å². The molecular weight excluding hydrogens is 296 g/mol. The summed E-state index contributed by atoms with van der Waals surface area (Å²) in [6.45, 7) is 0.642. The Morgan fingerprint density at radius 3 is 2.23 bits per heavy atom. The van der Waals surface area contributed by atoms with E-state index >= 15 is 0 Å². The smallest absolute Gasteiger partial charge is 0.147 e. The van der Waals surface area contributed by atoms with Gasteiger partial charge in [0.2, 0.25) is 0 Å². The van der Waals surface area contributed by atoms with Crippen LogP contribution in [0.4, 0.5) is 0 Å². The van der Waals surface area contributed by atoms with E-state index in [2.05, 4.69) is 24.3 Å². The van der Waals surface area contributed by atoms with Crippen molar-refractivity contribution in [2.45, 2.75) is 44.4 Å². The van der Waals surface area contributed by atoms with Crippen molar-refractivity contribution < 1.29 is 13.2 Å². The molecule has 0 spiro atoms. The lowest BCUT2D eigenvalue weighted by Gasteiger charge is -2.30. The molecule has 0 saturated heterocycles. The van der Waals surface area contributed by atoms with Crippen LogP contribution in [-0.4, -0.2) is 27.0 Å². The molecule has 4 heteroatoms. The van der Waals surface area contributed by atoms with Crippen LogP contribution in [0.5, 0.6) is 5.75 Å². The van der Waals surface area contributed by atoms with Gasteiger partial charge in [0.1, 0.15) is 15.6 Å². The lowest BCUT2D eigenvalue weighted by Crippen LogP contribution is -2.30. The molecule has 2 aliphatic carbocycles. The van der Waals surface area contributed by atoms with Gasteiger partial charge in [0.25, 0.3) is 0 Å². The second kappa shape index (κ2) is 6.61. The molecule has 0 aromatic heterocycles. The molecule has 3 rings (SSSR count). The largest absolute Gasteiger partial charge is 0.493 e. The van der Waals surface area contributed by atoms with Crippen molar-refractivity contribution in [1.29, 1.82) is 0 Å². The van der Waals surface area contributed by atoms with Crippen LogP contribution < -0.4 is 4.74 Å². The van der Waals surface area contributed by atoms with Gasteiger partial charge in [0.15, 0.2) is 0 Å². The van der Waals surface area contributed by atoms with Gasteiger partial charge in [0, 0.05) is 6.26 Å². The van der Waals surface area contributed by atoms with E-state index in [1.807, 2.05) is 0 Å². The third kappa shape index (κ3) is 4.48. The number of ether oxygens (including phenoxy) is 1. The highest BCUT2D eigenvalue weighted by Crippen LogP contribution is 2.40. The Kier molecular flexibility index (Phi) is 4.76. The van der Waals surface area contributed by atoms with Crippen LogP contribution in [-0.2, 0) is 9.84 Å². The zero-order valence-corrected chi connectivity index (χ0v) is 14.1. The van der Waals surface area contributed by atoms with Crippen molar-refractivity contribution in [3.63, 3.8) is 0 Å². The second-order valence-electron chi connectivity index (χ2n) is 7.05. The van der Waals surface area contributed by atoms with Gasteiger partial charge in [-0.2, -0.15) is 0 Å². The van der Waals surface area contributed by atoms with E-state index in [0.29, 0.717) is 18.3 Å². The van der Waals surface area contributed by atoms with E-state index < -0.39 is 9.84 Å². The molecule has 2 fully saturated rings. The summed E-state index contributed by atoms with van der Waals surface area (Å²) >= 11 is 0. The van der Waals surface area contributed by atoms with E-state index in [-0.39, 0.29) is 5.92 Å². The normalized spacial score (nSPS) is 25.9. The minimum absolute atomic E-state index is 0.259. The molecule has 2 unspecified atom stereocenters. The lowest BCUT2D eigenvalue weighted by molar-refractivity contribution is 0.161. The Hall–Kier alpha value is -1.03. The number of sulfone groups is 1. The summed E-state index contributed by atoms with van der Waals surface area (Å²) in [4.78, 5) is 0. The van der Waals surface area contributed by atoms with Crippen LogP contribution in [0.2, 0.25) is 0 Å². The highest BCUT2D eigenvalue weighted by molar-refractivity contribution is 7.90. The minimum atomic E-state index is -2.90. The van der Waals surface area contributed by atoms with Crippen molar-refractivity contribution in [3.8, 4) is 5.75 Å². The number of hydrogen-bond donors (Lipinski definition) is 0. The first-order valence-corrected chi connectivity index (χ1v) is 10.5. The van der Waals surface area contributed by atoms with Gasteiger partial charge in [-0.3, -0.25) is 0 Å². The van der Waals surface area contributed by atoms with Gasteiger partial charge in [-0.1, -0.05) is 25.0 Å². The van der Waals surface area contributed by atoms with Crippen LogP contribution >= 0.6 is 0 Å². The maximum Gasteiger partial charge on any atom is 0.147 e. The molecule has 1 aromatic rings. The van der Waals surface area contributed by atoms with Crippen LogP contribution in [0.25, 0.3) is 0 Å². The Labute approximate surface area is 134 Å². The van der Waals surface area contributed by atoms with E-state index in [1.54, 1.807) is 0 Å². The van der Waals surface area contributed by atoms with Crippen LogP contribution in [0.1, 0.15) is 50.0 Å². The van der Waals surface area contributed by atoms with Crippen molar-refractivity contribution in [2.24, 2.45) is 11.8 Å². The SMILES string of the molecule is CS(=O)(=O)CC1CCCCC1COc1ccc(C2CC2)cc1. The number of benzene rings is 1. The highest BCUT2D eigenvalue weighted by Gasteiger charge is 2.28. The molecule has 2 saturated carbocycles. The van der Waals surface area contributed by atoms with Gasteiger partial charge in [-0.15, -0.1) is 0 Å². The zero-order valence-electron chi connectivity index (χ0n) is 13.3. The molecular formula is C18H26O3S. The first kappa shape index (κ1) is 15.9. The van der Waals surface area contributed by atoms with Gasteiger partial charge >= 0.3 is 0 Å². The van der Waals surface area contributed by atoms with Gasteiger partial charge in [0.05, 0.1) is 12.4 Å². The standard InChI is InChI=1S/C18H26O3S/c1-22(19,20)13-17-5-3-2-4-16(17)12-21-18-10-8-15(9-11-18)14-6-7-14/h8-11,14,16-17H,2-7,12-13H2,1H3. The van der Waals surface area contributed by atoms with Gasteiger partial charge in [-0.05, 0) is 61.1 Å². The second-order valence-corrected chi connectivity index (χ2v) is 9.24. The average molecular weight is 322 g/mol. The summed E-state index contributed by atoms with van der Waals surface area (Å²) in [5, 5.41) is 0. The summed E-state index contributed by atoms with van der Waals surface area (Å²) < 4.78 is 29.1. The third-order valence-electron chi connectivity index (χ3n) is 4.98. The first-order chi connectivity index (χ1) is 10.5. The van der Waals surface area contributed by atoms with Crippen molar-refractivity contribution in [3.05, 3.63) is 29.8 Å². The fourth-order valence-electron chi connectivity index (χ4n) is 3.57. The highest BCUT2D eigenvalue weighted by atomic mass is 32.2. The molecule has 0 amide bonds. The molecule has 1 aromatic carbocycles. The molecule has 0 aliphatic heterocycles. The summed E-state index contributed by atoms with van der Waals surface area (Å²) in [7, 11) is -2.90. The lowest BCUT2D eigenvalue weighted by atomic mass is 9.81. The maximum absolute atomic E-state index is 11.6. The summed E-state index contributed by atoms with van der Waals surface area (Å²) in [5.74, 6) is 2.61. The van der Waals surface area contributed by atoms with E-state index in [0.717, 1.165) is 30.9 Å². The van der Waals surface area contributed by atoms with Gasteiger partial charge in [-0.25, -0.2) is 8.42 Å². The molecule has 2 aliphatic rings. The van der Waals surface area contributed by atoms with E-state index in [9.17, 15) is 8.42 Å². The van der Waals surface area contributed by atoms with Crippen molar-refractivity contribution in [2.75, 3.05) is 18.6 Å². The summed E-state index contributed by atoms with van der Waals surface area (Å²) in [6.07, 6.45) is 8.41. The van der Waals surface area contributed by atoms with Crippen LogP contribution in [0, 0.1) is 11.8 Å². The predicted molar refractivity (Wildman–Crippen MR) is 89.1 cm³/mol. The fourth-order valence-corrected chi connectivity index (χ4v) is 4.78. The maximum atomic E-state index is 11.6.